The van der Waals surface area contributed by atoms with E-state index in [1.54, 1.807) is 0 Å². The number of nitrogens with zero attached hydrogens (tertiary/aromatic N) is 3. The van der Waals surface area contributed by atoms with Crippen LogP contribution in [-0.4, -0.2) is 27.8 Å². The molecule has 2 aromatic heterocycles. The van der Waals surface area contributed by atoms with Crippen LogP contribution in [0.15, 0.2) is 18.3 Å². The van der Waals surface area contributed by atoms with Gasteiger partial charge in [-0.15, -0.1) is 0 Å². The second kappa shape index (κ2) is 5.04. The zero-order valence-electron chi connectivity index (χ0n) is 10.4. The van der Waals surface area contributed by atoms with Gasteiger partial charge in [0.15, 0.2) is 11.5 Å². The molecule has 1 aliphatic heterocycles. The maximum atomic E-state index is 5.62. The minimum Gasteiger partial charge on any atom is -0.381 e. The Hall–Kier alpha value is -1.46. The number of hydrogen-bond acceptors (Lipinski definition) is 4. The summed E-state index contributed by atoms with van der Waals surface area (Å²) in [5.74, 6) is 1.46. The summed E-state index contributed by atoms with van der Waals surface area (Å²) in [6.07, 6.45) is 5.21. The minimum atomic E-state index is 0.529. The molecule has 2 aromatic rings. The van der Waals surface area contributed by atoms with E-state index in [1.807, 2.05) is 22.8 Å². The van der Waals surface area contributed by atoms with Gasteiger partial charge < -0.3 is 10.5 Å². The largest absolute Gasteiger partial charge is 0.381 e. The zero-order chi connectivity index (χ0) is 12.4. The summed E-state index contributed by atoms with van der Waals surface area (Å²) in [6, 6.07) is 3.97. The van der Waals surface area contributed by atoms with Crippen molar-refractivity contribution in [3.63, 3.8) is 0 Å². The first-order chi connectivity index (χ1) is 8.85. The van der Waals surface area contributed by atoms with Crippen molar-refractivity contribution in [2.75, 3.05) is 13.2 Å². The Bertz CT molecular complexity index is 531. The van der Waals surface area contributed by atoms with Crippen LogP contribution in [-0.2, 0) is 17.7 Å². The van der Waals surface area contributed by atoms with E-state index >= 15 is 0 Å². The fourth-order valence-corrected chi connectivity index (χ4v) is 2.41. The Morgan fingerprint density at radius 3 is 3.17 bits per heavy atom. The number of fused-ring (bicyclic) bond motifs is 1. The van der Waals surface area contributed by atoms with E-state index in [2.05, 4.69) is 10.1 Å². The van der Waals surface area contributed by atoms with Crippen molar-refractivity contribution in [1.82, 2.24) is 14.6 Å². The topological polar surface area (TPSA) is 65.4 Å². The van der Waals surface area contributed by atoms with E-state index < -0.39 is 0 Å². The molecule has 3 rings (SSSR count). The van der Waals surface area contributed by atoms with Crippen LogP contribution < -0.4 is 5.73 Å². The Morgan fingerprint density at radius 2 is 2.39 bits per heavy atom. The maximum Gasteiger partial charge on any atom is 0.155 e. The number of pyridine rings is 1. The predicted molar refractivity (Wildman–Crippen MR) is 68.1 cm³/mol. The molecule has 2 N–H and O–H groups in total. The lowest BCUT2D eigenvalue weighted by molar-refractivity contribution is 0.0543. The number of hydrogen-bond donors (Lipinski definition) is 1. The van der Waals surface area contributed by atoms with Crippen LogP contribution in [0.4, 0.5) is 0 Å². The lowest BCUT2D eigenvalue weighted by Gasteiger charge is -2.20. The van der Waals surface area contributed by atoms with Gasteiger partial charge in [-0.3, -0.25) is 0 Å². The zero-order valence-corrected chi connectivity index (χ0v) is 10.4. The summed E-state index contributed by atoms with van der Waals surface area (Å²) in [5, 5.41) is 4.51. The fourth-order valence-electron chi connectivity index (χ4n) is 2.41. The summed E-state index contributed by atoms with van der Waals surface area (Å²) in [7, 11) is 0. The summed E-state index contributed by atoms with van der Waals surface area (Å²) in [5.41, 5.74) is 7.58. The van der Waals surface area contributed by atoms with Gasteiger partial charge >= 0.3 is 0 Å². The fraction of sp³-hybridized carbons (Fsp3) is 0.538. The first-order valence-electron chi connectivity index (χ1n) is 6.47. The molecule has 0 amide bonds. The molecule has 0 aromatic carbocycles. The van der Waals surface area contributed by atoms with Gasteiger partial charge in [0.2, 0.25) is 0 Å². The average Bonchev–Trinajstić information content (AvgIpc) is 2.80. The molecule has 5 heteroatoms. The van der Waals surface area contributed by atoms with Crippen LogP contribution in [0.5, 0.6) is 0 Å². The number of nitrogens with two attached hydrogens (primary N) is 1. The Morgan fingerprint density at radius 1 is 1.44 bits per heavy atom. The molecular formula is C13H18N4O. The van der Waals surface area contributed by atoms with Gasteiger partial charge in [-0.25, -0.2) is 9.50 Å². The van der Waals surface area contributed by atoms with Crippen LogP contribution in [0.3, 0.4) is 0 Å². The van der Waals surface area contributed by atoms with Crippen molar-refractivity contribution >= 4 is 5.65 Å². The maximum absolute atomic E-state index is 5.62. The molecule has 0 spiro atoms. The summed E-state index contributed by atoms with van der Waals surface area (Å²) in [4.78, 5) is 4.54. The van der Waals surface area contributed by atoms with Gasteiger partial charge in [0.1, 0.15) is 0 Å². The smallest absolute Gasteiger partial charge is 0.155 e. The van der Waals surface area contributed by atoms with Gasteiger partial charge in [0.05, 0.1) is 0 Å². The molecule has 3 heterocycles. The molecule has 1 atom stereocenters. The number of aromatic nitrogens is 3. The van der Waals surface area contributed by atoms with E-state index in [0.29, 0.717) is 12.5 Å². The molecule has 5 nitrogen and oxygen atoms in total. The van der Waals surface area contributed by atoms with Gasteiger partial charge in [0, 0.05) is 32.4 Å². The van der Waals surface area contributed by atoms with Crippen molar-refractivity contribution in [2.24, 2.45) is 11.7 Å². The highest BCUT2D eigenvalue weighted by Crippen LogP contribution is 2.17. The van der Waals surface area contributed by atoms with Gasteiger partial charge in [-0.1, -0.05) is 6.07 Å². The first kappa shape index (κ1) is 11.6. The highest BCUT2D eigenvalue weighted by molar-refractivity contribution is 5.38. The number of ether oxygens (including phenoxy) is 1. The molecule has 18 heavy (non-hydrogen) atoms. The molecule has 1 saturated heterocycles. The Kier molecular flexibility index (Phi) is 3.25. The standard InChI is InChI=1S/C13H18N4O/c14-7-11-3-4-13-15-12(16-17(13)8-11)6-10-2-1-5-18-9-10/h3-4,8,10H,1-2,5-7,9,14H2. The van der Waals surface area contributed by atoms with Crippen LogP contribution in [0.1, 0.15) is 24.2 Å². The molecule has 0 bridgehead atoms. The normalized spacial score (nSPS) is 20.4. The molecule has 96 valence electrons. The quantitative estimate of drug-likeness (QED) is 0.882. The van der Waals surface area contributed by atoms with E-state index in [0.717, 1.165) is 43.1 Å². The minimum absolute atomic E-state index is 0.529. The van der Waals surface area contributed by atoms with E-state index in [9.17, 15) is 0 Å². The SMILES string of the molecule is NCc1ccc2nc(CC3CCCOC3)nn2c1. The second-order valence-corrected chi connectivity index (χ2v) is 4.86. The molecular weight excluding hydrogens is 228 g/mol. The van der Waals surface area contributed by atoms with Crippen molar-refractivity contribution in [3.8, 4) is 0 Å². The molecule has 0 aliphatic carbocycles. The van der Waals surface area contributed by atoms with Crippen LogP contribution in [0.2, 0.25) is 0 Å². The Balaban J connectivity index is 1.79. The molecule has 0 saturated carbocycles. The molecule has 1 fully saturated rings. The predicted octanol–water partition coefficient (Wildman–Crippen LogP) is 1.16. The van der Waals surface area contributed by atoms with Crippen LogP contribution >= 0.6 is 0 Å². The van der Waals surface area contributed by atoms with Gasteiger partial charge in [-0.05, 0) is 30.4 Å². The Labute approximate surface area is 106 Å². The van der Waals surface area contributed by atoms with Crippen molar-refractivity contribution in [1.29, 1.82) is 0 Å². The molecule has 1 aliphatic rings. The molecule has 0 radical (unpaired) electrons. The van der Waals surface area contributed by atoms with Gasteiger partial charge in [-0.2, -0.15) is 5.10 Å². The highest BCUT2D eigenvalue weighted by Gasteiger charge is 2.16. The van der Waals surface area contributed by atoms with E-state index in [-0.39, 0.29) is 0 Å². The summed E-state index contributed by atoms with van der Waals surface area (Å²) < 4.78 is 7.31. The van der Waals surface area contributed by atoms with Crippen molar-refractivity contribution < 1.29 is 4.74 Å². The molecule has 1 unspecified atom stereocenters. The lowest BCUT2D eigenvalue weighted by Crippen LogP contribution is -2.19. The highest BCUT2D eigenvalue weighted by atomic mass is 16.5. The second-order valence-electron chi connectivity index (χ2n) is 4.86. The third-order valence-electron chi connectivity index (χ3n) is 3.40. The van der Waals surface area contributed by atoms with E-state index in [1.165, 1.54) is 6.42 Å². The summed E-state index contributed by atoms with van der Waals surface area (Å²) >= 11 is 0. The third kappa shape index (κ3) is 2.37. The first-order valence-corrected chi connectivity index (χ1v) is 6.47. The summed E-state index contributed by atoms with van der Waals surface area (Å²) in [6.45, 7) is 2.26. The van der Waals surface area contributed by atoms with Crippen LogP contribution in [0.25, 0.3) is 5.65 Å². The van der Waals surface area contributed by atoms with Crippen molar-refractivity contribution in [2.45, 2.75) is 25.8 Å². The third-order valence-corrected chi connectivity index (χ3v) is 3.40. The van der Waals surface area contributed by atoms with Crippen LogP contribution in [0, 0.1) is 5.92 Å². The van der Waals surface area contributed by atoms with Gasteiger partial charge in [0.25, 0.3) is 0 Å². The number of rotatable bonds is 3. The average molecular weight is 246 g/mol. The van der Waals surface area contributed by atoms with E-state index in [4.69, 9.17) is 10.5 Å². The lowest BCUT2D eigenvalue weighted by atomic mass is 9.98. The van der Waals surface area contributed by atoms with Crippen molar-refractivity contribution in [3.05, 3.63) is 29.7 Å². The monoisotopic (exact) mass is 246 g/mol.